The minimum absolute atomic E-state index is 0.339. The van der Waals surface area contributed by atoms with Crippen molar-refractivity contribution in [1.82, 2.24) is 15.6 Å². The highest BCUT2D eigenvalue weighted by Gasteiger charge is 2.11. The van der Waals surface area contributed by atoms with Crippen molar-refractivity contribution in [2.75, 3.05) is 6.61 Å². The number of hydrogen-bond donors (Lipinski definition) is 2. The largest absolute Gasteiger partial charge is 0.494 e. The lowest BCUT2D eigenvalue weighted by molar-refractivity contribution is 0.0950. The highest BCUT2D eigenvalue weighted by atomic mass is 16.5. The van der Waals surface area contributed by atoms with Crippen LogP contribution in [0.25, 0.3) is 11.3 Å². The Labute approximate surface area is 151 Å². The molecule has 0 atom stereocenters. The molecule has 26 heavy (non-hydrogen) atoms. The molecule has 3 aromatic rings. The summed E-state index contributed by atoms with van der Waals surface area (Å²) < 4.78 is 5.49. The first-order valence-corrected chi connectivity index (χ1v) is 8.36. The zero-order chi connectivity index (χ0) is 18.4. The molecule has 1 amide bonds. The maximum atomic E-state index is 12.3. The summed E-state index contributed by atoms with van der Waals surface area (Å²) in [4.78, 5) is 12.3. The Hall–Kier alpha value is -3.41. The summed E-state index contributed by atoms with van der Waals surface area (Å²) in [6.07, 6.45) is 0. The third-order valence-corrected chi connectivity index (χ3v) is 3.78. The summed E-state index contributed by atoms with van der Waals surface area (Å²) >= 11 is 0. The van der Waals surface area contributed by atoms with Gasteiger partial charge in [-0.15, -0.1) is 0 Å². The lowest BCUT2D eigenvalue weighted by Crippen LogP contribution is -2.19. The minimum Gasteiger partial charge on any atom is -0.494 e. The number of aromatic nitrogens is 2. The molecule has 0 saturated carbocycles. The van der Waals surface area contributed by atoms with Gasteiger partial charge in [0, 0.05) is 5.56 Å². The van der Waals surface area contributed by atoms with Crippen molar-refractivity contribution in [2.24, 2.45) is 5.10 Å². The molecule has 0 unspecified atom stereocenters. The van der Waals surface area contributed by atoms with Crippen molar-refractivity contribution in [2.45, 2.75) is 13.8 Å². The van der Waals surface area contributed by atoms with Crippen molar-refractivity contribution in [1.29, 1.82) is 0 Å². The number of nitrogens with zero attached hydrogens (tertiary/aromatic N) is 2. The van der Waals surface area contributed by atoms with Gasteiger partial charge < -0.3 is 4.74 Å². The summed E-state index contributed by atoms with van der Waals surface area (Å²) in [6, 6.07) is 18.9. The Bertz CT molecular complexity index is 916. The zero-order valence-electron chi connectivity index (χ0n) is 14.7. The van der Waals surface area contributed by atoms with Gasteiger partial charge in [-0.1, -0.05) is 42.5 Å². The fraction of sp³-hybridized carbons (Fsp3) is 0.150. The molecular formula is C20H20N4O2. The van der Waals surface area contributed by atoms with Crippen LogP contribution in [0.5, 0.6) is 5.75 Å². The van der Waals surface area contributed by atoms with Crippen LogP contribution in [-0.2, 0) is 0 Å². The molecule has 3 rings (SSSR count). The van der Waals surface area contributed by atoms with Gasteiger partial charge in [0.05, 0.1) is 18.0 Å². The summed E-state index contributed by atoms with van der Waals surface area (Å²) in [7, 11) is 0. The number of carbonyl (C=O) groups excluding carboxylic acids is 1. The smallest absolute Gasteiger partial charge is 0.289 e. The van der Waals surface area contributed by atoms with Gasteiger partial charge in [-0.25, -0.2) is 5.43 Å². The van der Waals surface area contributed by atoms with Crippen molar-refractivity contribution in [3.8, 4) is 17.0 Å². The second-order valence-corrected chi connectivity index (χ2v) is 5.63. The van der Waals surface area contributed by atoms with Crippen LogP contribution < -0.4 is 10.2 Å². The number of H-pyrrole nitrogens is 1. The average molecular weight is 348 g/mol. The van der Waals surface area contributed by atoms with Crippen LogP contribution in [0.3, 0.4) is 0 Å². The van der Waals surface area contributed by atoms with Crippen LogP contribution >= 0.6 is 0 Å². The summed E-state index contributed by atoms with van der Waals surface area (Å²) in [6.45, 7) is 4.37. The number of hydrogen-bond acceptors (Lipinski definition) is 4. The molecule has 0 aliphatic carbocycles. The first-order valence-electron chi connectivity index (χ1n) is 8.36. The van der Waals surface area contributed by atoms with Gasteiger partial charge in [0.25, 0.3) is 5.91 Å². The van der Waals surface area contributed by atoms with Crippen molar-refractivity contribution >= 4 is 11.6 Å². The molecule has 6 nitrogen and oxygen atoms in total. The molecule has 0 bridgehead atoms. The third-order valence-electron chi connectivity index (χ3n) is 3.78. The molecule has 0 aliphatic heterocycles. The summed E-state index contributed by atoms with van der Waals surface area (Å²) in [5, 5.41) is 11.1. The fourth-order valence-electron chi connectivity index (χ4n) is 2.44. The van der Waals surface area contributed by atoms with Gasteiger partial charge in [-0.2, -0.15) is 10.2 Å². The predicted octanol–water partition coefficient (Wildman–Crippen LogP) is 3.63. The normalized spacial score (nSPS) is 11.2. The number of carbonyl (C=O) groups is 1. The standard InChI is InChI=1S/C20H20N4O2/c1-3-26-17-11-7-10-16(12-17)18-13-19(23-22-18)20(25)24-21-14(2)15-8-5-4-6-9-15/h4-13H,3H2,1-2H3,(H,22,23)(H,24,25). The Morgan fingerprint density at radius 2 is 1.96 bits per heavy atom. The van der Waals surface area contributed by atoms with Gasteiger partial charge in [0.2, 0.25) is 0 Å². The molecular weight excluding hydrogens is 328 g/mol. The van der Waals surface area contributed by atoms with Crippen LogP contribution in [0.1, 0.15) is 29.9 Å². The first kappa shape index (κ1) is 17.4. The number of amides is 1. The Balaban J connectivity index is 1.71. The van der Waals surface area contributed by atoms with E-state index in [-0.39, 0.29) is 5.91 Å². The molecule has 1 heterocycles. The summed E-state index contributed by atoms with van der Waals surface area (Å²) in [5.74, 6) is 0.419. The summed E-state index contributed by atoms with van der Waals surface area (Å²) in [5.41, 5.74) is 6.10. The van der Waals surface area contributed by atoms with Gasteiger partial charge in [0.15, 0.2) is 0 Å². The van der Waals surface area contributed by atoms with Crippen LogP contribution in [0.15, 0.2) is 65.8 Å². The second kappa shape index (κ2) is 8.11. The zero-order valence-corrected chi connectivity index (χ0v) is 14.7. The second-order valence-electron chi connectivity index (χ2n) is 5.63. The van der Waals surface area contributed by atoms with E-state index in [9.17, 15) is 4.79 Å². The highest BCUT2D eigenvalue weighted by molar-refractivity contribution is 6.00. The van der Waals surface area contributed by atoms with Crippen molar-refractivity contribution in [3.05, 3.63) is 71.9 Å². The van der Waals surface area contributed by atoms with Crippen LogP contribution in [0.2, 0.25) is 0 Å². The van der Waals surface area contributed by atoms with Crippen molar-refractivity contribution in [3.63, 3.8) is 0 Å². The third kappa shape index (κ3) is 4.16. The monoisotopic (exact) mass is 348 g/mol. The van der Waals surface area contributed by atoms with Gasteiger partial charge in [-0.05, 0) is 37.6 Å². The number of nitrogens with one attached hydrogen (secondary N) is 2. The van der Waals surface area contributed by atoms with E-state index in [1.807, 2.05) is 68.4 Å². The molecule has 0 aliphatic rings. The van der Waals surface area contributed by atoms with E-state index in [2.05, 4.69) is 20.7 Å². The Kier molecular flexibility index (Phi) is 5.43. The number of ether oxygens (including phenoxy) is 1. The minimum atomic E-state index is -0.347. The molecule has 0 spiro atoms. The topological polar surface area (TPSA) is 79.4 Å². The van der Waals surface area contributed by atoms with E-state index < -0.39 is 0 Å². The van der Waals surface area contributed by atoms with E-state index in [1.54, 1.807) is 6.07 Å². The molecule has 0 radical (unpaired) electrons. The molecule has 2 N–H and O–H groups in total. The van der Waals surface area contributed by atoms with Crippen molar-refractivity contribution < 1.29 is 9.53 Å². The lowest BCUT2D eigenvalue weighted by atomic mass is 10.1. The Morgan fingerprint density at radius 1 is 1.15 bits per heavy atom. The Morgan fingerprint density at radius 3 is 2.73 bits per heavy atom. The fourth-order valence-corrected chi connectivity index (χ4v) is 2.44. The SMILES string of the molecule is CCOc1cccc(-c2cc(C(=O)NN=C(C)c3ccccc3)[nH]n2)c1. The number of aromatic amines is 1. The van der Waals surface area contributed by atoms with Gasteiger partial charge in [0.1, 0.15) is 11.4 Å². The van der Waals surface area contributed by atoms with E-state index >= 15 is 0 Å². The maximum absolute atomic E-state index is 12.3. The molecule has 2 aromatic carbocycles. The molecule has 0 saturated heterocycles. The predicted molar refractivity (Wildman–Crippen MR) is 101 cm³/mol. The van der Waals surface area contributed by atoms with Crippen LogP contribution in [0.4, 0.5) is 0 Å². The van der Waals surface area contributed by atoms with Crippen LogP contribution in [-0.4, -0.2) is 28.4 Å². The first-order chi connectivity index (χ1) is 12.7. The average Bonchev–Trinajstić information content (AvgIpc) is 3.17. The van der Waals surface area contributed by atoms with E-state index in [0.717, 1.165) is 22.6 Å². The number of rotatable bonds is 6. The molecule has 132 valence electrons. The van der Waals surface area contributed by atoms with Crippen LogP contribution in [0, 0.1) is 0 Å². The number of hydrazone groups is 1. The van der Waals surface area contributed by atoms with E-state index in [1.165, 1.54) is 0 Å². The van der Waals surface area contributed by atoms with E-state index in [4.69, 9.17) is 4.74 Å². The molecule has 1 aromatic heterocycles. The molecule has 0 fully saturated rings. The maximum Gasteiger partial charge on any atom is 0.289 e. The number of benzene rings is 2. The van der Waals surface area contributed by atoms with Gasteiger partial charge in [-0.3, -0.25) is 9.89 Å². The highest BCUT2D eigenvalue weighted by Crippen LogP contribution is 2.22. The lowest BCUT2D eigenvalue weighted by Gasteiger charge is -2.03. The van der Waals surface area contributed by atoms with Gasteiger partial charge >= 0.3 is 0 Å². The quantitative estimate of drug-likeness (QED) is 0.527. The molecule has 6 heteroatoms. The van der Waals surface area contributed by atoms with E-state index in [0.29, 0.717) is 18.0 Å².